The molecule has 1 aromatic carbocycles. The number of para-hydroxylation sites is 1. The van der Waals surface area contributed by atoms with Gasteiger partial charge >= 0.3 is 5.69 Å². The van der Waals surface area contributed by atoms with Crippen molar-refractivity contribution in [1.82, 2.24) is 29.0 Å². The highest BCUT2D eigenvalue weighted by molar-refractivity contribution is 7.21. The van der Waals surface area contributed by atoms with Gasteiger partial charge in [-0.1, -0.05) is 29.5 Å². The van der Waals surface area contributed by atoms with Gasteiger partial charge in [-0.25, -0.2) is 9.36 Å². The fourth-order valence-electron chi connectivity index (χ4n) is 5.12. The van der Waals surface area contributed by atoms with Crippen LogP contribution in [0.4, 0.5) is 0 Å². The number of aromatic nitrogens is 5. The van der Waals surface area contributed by atoms with E-state index in [0.717, 1.165) is 17.4 Å². The minimum atomic E-state index is -1.44. The summed E-state index contributed by atoms with van der Waals surface area (Å²) in [6.07, 6.45) is 3.70. The molecule has 0 bridgehead atoms. The Balaban J connectivity index is 1.75. The van der Waals surface area contributed by atoms with Crippen LogP contribution in [-0.4, -0.2) is 60.2 Å². The SMILES string of the molecule is COc1ccccc1[C@@H](O)Cn1c(=O)n(C(C)(C)C(=O)N2CCCC2)c(=O)c2c(C)c(-n3nccn3)sc21. The van der Waals surface area contributed by atoms with Crippen molar-refractivity contribution in [3.05, 3.63) is 68.6 Å². The predicted octanol–water partition coefficient (Wildman–Crippen LogP) is 2.21. The van der Waals surface area contributed by atoms with E-state index in [2.05, 4.69) is 10.2 Å². The Bertz CT molecular complexity index is 1610. The first-order chi connectivity index (χ1) is 18.2. The smallest absolute Gasteiger partial charge is 0.333 e. The Morgan fingerprint density at radius 3 is 2.47 bits per heavy atom. The van der Waals surface area contributed by atoms with Crippen molar-refractivity contribution in [3.8, 4) is 10.8 Å². The minimum Gasteiger partial charge on any atom is -0.496 e. The zero-order valence-corrected chi connectivity index (χ0v) is 22.6. The highest BCUT2D eigenvalue weighted by Gasteiger charge is 2.39. The fraction of sp³-hybridized carbons (Fsp3) is 0.423. The third-order valence-corrected chi connectivity index (χ3v) is 8.40. The third-order valence-electron chi connectivity index (χ3n) is 7.12. The number of carbonyl (C=O) groups is 1. The van der Waals surface area contributed by atoms with Gasteiger partial charge in [0, 0.05) is 24.2 Å². The van der Waals surface area contributed by atoms with Gasteiger partial charge in [0.15, 0.2) is 0 Å². The molecule has 11 nitrogen and oxygen atoms in total. The van der Waals surface area contributed by atoms with Crippen LogP contribution in [0.2, 0.25) is 0 Å². The first-order valence-electron chi connectivity index (χ1n) is 12.4. The second-order valence-electron chi connectivity index (χ2n) is 9.88. The number of fused-ring (bicyclic) bond motifs is 1. The average Bonchev–Trinajstić information content (AvgIpc) is 3.67. The van der Waals surface area contributed by atoms with Crippen LogP contribution in [0.25, 0.3) is 15.2 Å². The van der Waals surface area contributed by atoms with E-state index in [1.165, 1.54) is 40.2 Å². The Hall–Kier alpha value is -3.77. The minimum absolute atomic E-state index is 0.157. The number of nitrogens with zero attached hydrogens (tertiary/aromatic N) is 6. The van der Waals surface area contributed by atoms with E-state index in [1.807, 2.05) is 0 Å². The van der Waals surface area contributed by atoms with E-state index in [0.29, 0.717) is 39.8 Å². The molecule has 38 heavy (non-hydrogen) atoms. The van der Waals surface area contributed by atoms with Gasteiger partial charge in [-0.15, -0.1) is 4.80 Å². The second kappa shape index (κ2) is 9.84. The summed E-state index contributed by atoms with van der Waals surface area (Å²) in [6, 6.07) is 7.01. The first kappa shape index (κ1) is 25.9. The van der Waals surface area contributed by atoms with Gasteiger partial charge in [-0.2, -0.15) is 10.2 Å². The maximum atomic E-state index is 14.1. The molecular weight excluding hydrogens is 508 g/mol. The highest BCUT2D eigenvalue weighted by Crippen LogP contribution is 2.33. The lowest BCUT2D eigenvalue weighted by molar-refractivity contribution is -0.138. The van der Waals surface area contributed by atoms with Gasteiger partial charge in [-0.05, 0) is 39.7 Å². The summed E-state index contributed by atoms with van der Waals surface area (Å²) >= 11 is 1.19. The van der Waals surface area contributed by atoms with Crippen LogP contribution in [0.15, 0.2) is 46.2 Å². The second-order valence-corrected chi connectivity index (χ2v) is 10.9. The number of aliphatic hydroxyl groups excluding tert-OH is 1. The van der Waals surface area contributed by atoms with E-state index < -0.39 is 22.9 Å². The summed E-state index contributed by atoms with van der Waals surface area (Å²) in [7, 11) is 1.51. The molecule has 0 saturated carbocycles. The number of aryl methyl sites for hydroxylation is 1. The maximum absolute atomic E-state index is 14.1. The van der Waals surface area contributed by atoms with Gasteiger partial charge in [0.05, 0.1) is 31.4 Å². The molecule has 1 atom stereocenters. The molecule has 1 saturated heterocycles. The van der Waals surface area contributed by atoms with Gasteiger partial charge < -0.3 is 14.7 Å². The highest BCUT2D eigenvalue weighted by atomic mass is 32.1. The number of benzene rings is 1. The average molecular weight is 539 g/mol. The topological polar surface area (TPSA) is 124 Å². The molecule has 1 N–H and O–H groups in total. The molecule has 3 aromatic heterocycles. The van der Waals surface area contributed by atoms with Crippen molar-refractivity contribution in [2.45, 2.75) is 51.8 Å². The summed E-state index contributed by atoms with van der Waals surface area (Å²) in [4.78, 5) is 45.1. The quantitative estimate of drug-likeness (QED) is 0.383. The molecule has 0 unspecified atom stereocenters. The van der Waals surface area contributed by atoms with Crippen molar-refractivity contribution < 1.29 is 14.6 Å². The van der Waals surface area contributed by atoms with Crippen LogP contribution < -0.4 is 16.0 Å². The molecule has 5 rings (SSSR count). The number of carbonyl (C=O) groups excluding carboxylic acids is 1. The fourth-order valence-corrected chi connectivity index (χ4v) is 6.34. The number of methoxy groups -OCH3 is 1. The number of likely N-dealkylation sites (tertiary alicyclic amines) is 1. The first-order valence-corrected chi connectivity index (χ1v) is 13.2. The van der Waals surface area contributed by atoms with E-state index >= 15 is 0 Å². The Morgan fingerprint density at radius 1 is 1.16 bits per heavy atom. The number of hydrogen-bond donors (Lipinski definition) is 1. The molecule has 4 aromatic rings. The molecule has 1 aliphatic heterocycles. The van der Waals surface area contributed by atoms with Crippen molar-refractivity contribution in [2.24, 2.45) is 0 Å². The predicted molar refractivity (Wildman–Crippen MR) is 143 cm³/mol. The largest absolute Gasteiger partial charge is 0.496 e. The molecule has 0 radical (unpaired) electrons. The number of ether oxygens (including phenoxy) is 1. The zero-order valence-electron chi connectivity index (χ0n) is 21.7. The van der Waals surface area contributed by atoms with Crippen molar-refractivity contribution in [1.29, 1.82) is 0 Å². The van der Waals surface area contributed by atoms with Crippen LogP contribution in [0.3, 0.4) is 0 Å². The van der Waals surface area contributed by atoms with Crippen molar-refractivity contribution in [3.63, 3.8) is 0 Å². The summed E-state index contributed by atoms with van der Waals surface area (Å²) in [6.45, 7) is 5.99. The van der Waals surface area contributed by atoms with E-state index in [9.17, 15) is 19.5 Å². The van der Waals surface area contributed by atoms with Crippen molar-refractivity contribution >= 4 is 27.5 Å². The van der Waals surface area contributed by atoms with Crippen LogP contribution in [-0.2, 0) is 16.9 Å². The number of rotatable bonds is 7. The third kappa shape index (κ3) is 4.13. The standard InChI is InChI=1S/C26H30N6O5S/c1-16-20-21(34)31(26(2,3)24(35)29-13-7-8-14-29)25(36)30(23(20)38-22(16)32-27-11-12-28-32)15-18(33)17-9-5-6-10-19(17)37-4/h5-6,9-12,18,33H,7-8,13-15H2,1-4H3/t18-/m0/s1. The summed E-state index contributed by atoms with van der Waals surface area (Å²) in [5, 5.41) is 20.5. The Labute approximate surface area is 222 Å². The van der Waals surface area contributed by atoms with Crippen LogP contribution in [0.5, 0.6) is 5.75 Å². The summed E-state index contributed by atoms with van der Waals surface area (Å²) < 4.78 is 7.81. The molecule has 1 amide bonds. The number of hydrogen-bond acceptors (Lipinski definition) is 8. The summed E-state index contributed by atoms with van der Waals surface area (Å²) in [5.74, 6) is 0.193. The monoisotopic (exact) mass is 538 g/mol. The van der Waals surface area contributed by atoms with Gasteiger partial charge in [-0.3, -0.25) is 14.2 Å². The van der Waals surface area contributed by atoms with Crippen molar-refractivity contribution in [2.75, 3.05) is 20.2 Å². The van der Waals surface area contributed by atoms with Gasteiger partial charge in [0.1, 0.15) is 27.2 Å². The molecule has 12 heteroatoms. The molecule has 1 fully saturated rings. The Morgan fingerprint density at radius 2 is 1.82 bits per heavy atom. The van der Waals surface area contributed by atoms with Gasteiger partial charge in [0.25, 0.3) is 5.56 Å². The molecule has 0 aliphatic carbocycles. The maximum Gasteiger partial charge on any atom is 0.333 e. The number of amides is 1. The molecule has 0 spiro atoms. The van der Waals surface area contributed by atoms with E-state index in [4.69, 9.17) is 4.74 Å². The molecule has 4 heterocycles. The summed E-state index contributed by atoms with van der Waals surface area (Å²) in [5.41, 5.74) is -1.58. The van der Waals surface area contributed by atoms with Crippen LogP contribution in [0.1, 0.15) is 43.9 Å². The zero-order chi connectivity index (χ0) is 27.2. The lowest BCUT2D eigenvalue weighted by Crippen LogP contribution is -2.56. The lowest BCUT2D eigenvalue weighted by Gasteiger charge is -2.31. The lowest BCUT2D eigenvalue weighted by atomic mass is 10.0. The molecule has 200 valence electrons. The number of aliphatic hydroxyl groups is 1. The molecule has 1 aliphatic rings. The molecular formula is C26H30N6O5S. The Kier molecular flexibility index (Phi) is 6.70. The van der Waals surface area contributed by atoms with Crippen LogP contribution >= 0.6 is 11.3 Å². The van der Waals surface area contributed by atoms with Crippen LogP contribution in [0, 0.1) is 6.92 Å². The van der Waals surface area contributed by atoms with E-state index in [-0.39, 0.29) is 17.8 Å². The van der Waals surface area contributed by atoms with E-state index in [1.54, 1.807) is 49.9 Å². The number of thiophene rings is 1. The van der Waals surface area contributed by atoms with Gasteiger partial charge in [0.2, 0.25) is 5.91 Å². The normalized spacial score (nSPS) is 14.8.